The van der Waals surface area contributed by atoms with E-state index in [4.69, 9.17) is 0 Å². The zero-order valence-corrected chi connectivity index (χ0v) is 14.0. The van der Waals surface area contributed by atoms with Gasteiger partial charge in [-0.3, -0.25) is 0 Å². The van der Waals surface area contributed by atoms with Crippen molar-refractivity contribution in [1.29, 1.82) is 0 Å². The highest BCUT2D eigenvalue weighted by molar-refractivity contribution is 7.90. The van der Waals surface area contributed by atoms with E-state index in [1.54, 1.807) is 0 Å². The van der Waals surface area contributed by atoms with Gasteiger partial charge < -0.3 is 4.90 Å². The first-order valence-electron chi connectivity index (χ1n) is 7.50. The Labute approximate surface area is 136 Å². The molecule has 0 spiro atoms. The van der Waals surface area contributed by atoms with Crippen LogP contribution in [0.2, 0.25) is 0 Å². The van der Waals surface area contributed by atoms with Crippen LogP contribution in [0.5, 0.6) is 0 Å². The maximum Gasteiger partial charge on any atom is 0.249 e. The van der Waals surface area contributed by atoms with Crippen LogP contribution in [0.4, 0.5) is 5.82 Å². The van der Waals surface area contributed by atoms with Crippen LogP contribution >= 0.6 is 0 Å². The topological polar surface area (TPSA) is 63.2 Å². The largest absolute Gasteiger partial charge is 0.333 e. The molecule has 0 unspecified atom stereocenters. The monoisotopic (exact) mass is 329 g/mol. The Morgan fingerprint density at radius 2 is 1.91 bits per heavy atom. The zero-order chi connectivity index (χ0) is 16.4. The van der Waals surface area contributed by atoms with E-state index in [0.29, 0.717) is 17.9 Å². The molecule has 1 aromatic heterocycles. The van der Waals surface area contributed by atoms with Gasteiger partial charge in [-0.15, -0.1) is 0 Å². The summed E-state index contributed by atoms with van der Waals surface area (Å²) in [4.78, 5) is 10.6. The summed E-state index contributed by atoms with van der Waals surface area (Å²) in [5.74, 6) is 0.690. The van der Waals surface area contributed by atoms with Gasteiger partial charge in [0.1, 0.15) is 5.82 Å². The zero-order valence-electron chi connectivity index (χ0n) is 13.2. The molecule has 2 aromatic rings. The number of nitrogens with zero attached hydrogens (tertiary/aromatic N) is 3. The van der Waals surface area contributed by atoms with Crippen molar-refractivity contribution in [1.82, 2.24) is 9.97 Å². The van der Waals surface area contributed by atoms with Crippen LogP contribution in [0, 0.1) is 6.92 Å². The lowest BCUT2D eigenvalue weighted by Gasteiger charge is -2.20. The van der Waals surface area contributed by atoms with E-state index in [0.717, 1.165) is 30.3 Å². The fourth-order valence-corrected chi connectivity index (χ4v) is 3.19. The molecule has 1 aliphatic rings. The summed E-state index contributed by atoms with van der Waals surface area (Å²) in [6, 6.07) is 10.1. The predicted molar refractivity (Wildman–Crippen MR) is 90.2 cm³/mol. The second-order valence-electron chi connectivity index (χ2n) is 5.70. The molecule has 0 radical (unpaired) electrons. The molecule has 1 aliphatic heterocycles. The Kier molecular flexibility index (Phi) is 4.17. The van der Waals surface area contributed by atoms with Crippen LogP contribution in [0.15, 0.2) is 47.8 Å². The van der Waals surface area contributed by atoms with E-state index >= 15 is 0 Å². The van der Waals surface area contributed by atoms with Crippen molar-refractivity contribution < 1.29 is 8.42 Å². The summed E-state index contributed by atoms with van der Waals surface area (Å²) < 4.78 is 23.7. The van der Waals surface area contributed by atoms with Gasteiger partial charge in [-0.2, -0.15) is 0 Å². The van der Waals surface area contributed by atoms with Crippen molar-refractivity contribution in [3.05, 3.63) is 59.4 Å². The Morgan fingerprint density at radius 3 is 2.52 bits per heavy atom. The van der Waals surface area contributed by atoms with E-state index < -0.39 is 9.84 Å². The lowest BCUT2D eigenvalue weighted by atomic mass is 10.0. The van der Waals surface area contributed by atoms with E-state index in [2.05, 4.69) is 16.0 Å². The number of hydrogen-bond donors (Lipinski definition) is 0. The minimum atomic E-state index is -3.44. The van der Waals surface area contributed by atoms with Crippen LogP contribution in [0.1, 0.15) is 23.2 Å². The number of rotatable bonds is 4. The Balaban J connectivity index is 2.11. The maximum atomic E-state index is 11.9. The molecule has 0 saturated carbocycles. The lowest BCUT2D eigenvalue weighted by Crippen LogP contribution is -2.20. The van der Waals surface area contributed by atoms with Crippen molar-refractivity contribution >= 4 is 15.7 Å². The highest BCUT2D eigenvalue weighted by Gasteiger charge is 2.22. The average molecular weight is 329 g/mol. The van der Waals surface area contributed by atoms with Crippen LogP contribution in [-0.2, 0) is 16.3 Å². The van der Waals surface area contributed by atoms with Gasteiger partial charge in [-0.25, -0.2) is 18.4 Å². The van der Waals surface area contributed by atoms with E-state index in [1.165, 1.54) is 0 Å². The number of hydrogen-bond acceptors (Lipinski definition) is 5. The van der Waals surface area contributed by atoms with Crippen LogP contribution < -0.4 is 4.90 Å². The number of aryl methyl sites for hydroxylation is 1. The Hall–Kier alpha value is -2.21. The van der Waals surface area contributed by atoms with E-state index in [9.17, 15) is 8.42 Å². The molecule has 3 rings (SSSR count). The molecule has 2 heterocycles. The molecule has 1 aromatic carbocycles. The van der Waals surface area contributed by atoms with Gasteiger partial charge in [-0.1, -0.05) is 36.4 Å². The number of benzene rings is 1. The molecular weight excluding hydrogens is 310 g/mol. The SMILES string of the molecule is Cc1nc(S(C)(=O)=O)nc(N2C=CCC2)c1Cc1ccccc1. The van der Waals surface area contributed by atoms with Crippen LogP contribution in [0.3, 0.4) is 0 Å². The molecule has 0 bridgehead atoms. The van der Waals surface area contributed by atoms with Crippen molar-refractivity contribution in [3.8, 4) is 0 Å². The summed E-state index contributed by atoms with van der Waals surface area (Å²) in [6.07, 6.45) is 6.77. The molecule has 120 valence electrons. The third-order valence-corrected chi connectivity index (χ3v) is 4.67. The average Bonchev–Trinajstić information content (AvgIpc) is 3.03. The fraction of sp³-hybridized carbons (Fsp3) is 0.294. The third kappa shape index (κ3) is 3.42. The highest BCUT2D eigenvalue weighted by atomic mass is 32.2. The first-order chi connectivity index (χ1) is 10.9. The third-order valence-electron chi connectivity index (χ3n) is 3.82. The van der Waals surface area contributed by atoms with Crippen molar-refractivity contribution in [3.63, 3.8) is 0 Å². The van der Waals surface area contributed by atoms with Crippen molar-refractivity contribution in [2.24, 2.45) is 0 Å². The minimum absolute atomic E-state index is 0.109. The maximum absolute atomic E-state index is 11.9. The Morgan fingerprint density at radius 1 is 1.17 bits per heavy atom. The normalized spacial score (nSPS) is 14.4. The predicted octanol–water partition coefficient (Wildman–Crippen LogP) is 2.50. The molecule has 6 heteroatoms. The molecular formula is C17H19N3O2S. The van der Waals surface area contributed by atoms with Crippen LogP contribution in [-0.4, -0.2) is 31.2 Å². The first kappa shape index (κ1) is 15.7. The molecule has 0 aliphatic carbocycles. The van der Waals surface area contributed by atoms with Gasteiger partial charge in [0.05, 0.1) is 0 Å². The molecule has 23 heavy (non-hydrogen) atoms. The standard InChI is InChI=1S/C17H19N3O2S/c1-13-15(12-14-8-4-3-5-9-14)16(20-10-6-7-11-20)19-17(18-13)23(2,21)22/h3-6,8-10H,7,11-12H2,1-2H3. The van der Waals surface area contributed by atoms with Gasteiger partial charge in [0.2, 0.25) is 15.0 Å². The van der Waals surface area contributed by atoms with Crippen molar-refractivity contribution in [2.45, 2.75) is 24.9 Å². The summed E-state index contributed by atoms with van der Waals surface area (Å²) >= 11 is 0. The summed E-state index contributed by atoms with van der Waals surface area (Å²) in [5, 5.41) is -0.109. The quantitative estimate of drug-likeness (QED) is 0.807. The lowest BCUT2D eigenvalue weighted by molar-refractivity contribution is 0.591. The number of sulfone groups is 1. The van der Waals surface area contributed by atoms with Gasteiger partial charge in [0, 0.05) is 36.7 Å². The Bertz CT molecular complexity index is 846. The summed E-state index contributed by atoms with van der Waals surface area (Å²) in [5.41, 5.74) is 2.82. The number of anilines is 1. The smallest absolute Gasteiger partial charge is 0.249 e. The fourth-order valence-electron chi connectivity index (χ4n) is 2.63. The molecule has 0 amide bonds. The van der Waals surface area contributed by atoms with Gasteiger partial charge >= 0.3 is 0 Å². The summed E-state index contributed by atoms with van der Waals surface area (Å²) in [6.45, 7) is 2.65. The molecule has 5 nitrogen and oxygen atoms in total. The van der Waals surface area contributed by atoms with E-state index in [-0.39, 0.29) is 5.16 Å². The summed E-state index contributed by atoms with van der Waals surface area (Å²) in [7, 11) is -3.44. The first-order valence-corrected chi connectivity index (χ1v) is 9.39. The van der Waals surface area contributed by atoms with Crippen LogP contribution in [0.25, 0.3) is 0 Å². The van der Waals surface area contributed by atoms with Gasteiger partial charge in [-0.05, 0) is 18.9 Å². The second kappa shape index (κ2) is 6.12. The second-order valence-corrected chi connectivity index (χ2v) is 7.60. The molecule has 0 N–H and O–H groups in total. The molecule has 0 saturated heterocycles. The molecule has 0 atom stereocenters. The minimum Gasteiger partial charge on any atom is -0.333 e. The van der Waals surface area contributed by atoms with Gasteiger partial charge in [0.25, 0.3) is 0 Å². The highest BCUT2D eigenvalue weighted by Crippen LogP contribution is 2.27. The number of aromatic nitrogens is 2. The van der Waals surface area contributed by atoms with Crippen molar-refractivity contribution in [2.75, 3.05) is 17.7 Å². The van der Waals surface area contributed by atoms with E-state index in [1.807, 2.05) is 48.4 Å². The van der Waals surface area contributed by atoms with Gasteiger partial charge in [0.15, 0.2) is 0 Å². The molecule has 0 fully saturated rings.